The molecule has 1 amide bonds. The van der Waals surface area contributed by atoms with Gasteiger partial charge in [0, 0.05) is 45.8 Å². The summed E-state index contributed by atoms with van der Waals surface area (Å²) in [5.41, 5.74) is 0.407. The van der Waals surface area contributed by atoms with Crippen LogP contribution in [0, 0.1) is 0 Å². The van der Waals surface area contributed by atoms with Crippen LogP contribution in [-0.2, 0) is 11.3 Å². The monoisotopic (exact) mass is 305 g/mol. The summed E-state index contributed by atoms with van der Waals surface area (Å²) in [6.07, 6.45) is -0.257. The first-order valence-electron chi connectivity index (χ1n) is 7.76. The highest BCUT2D eigenvalue weighted by atomic mass is 16.6. The van der Waals surface area contributed by atoms with Crippen molar-refractivity contribution in [2.24, 2.45) is 0 Å². The van der Waals surface area contributed by atoms with Crippen LogP contribution in [0.1, 0.15) is 5.56 Å². The molecule has 120 valence electrons. The van der Waals surface area contributed by atoms with Crippen LogP contribution in [0.3, 0.4) is 0 Å². The average molecular weight is 305 g/mol. The van der Waals surface area contributed by atoms with Crippen molar-refractivity contribution in [2.45, 2.75) is 12.2 Å². The van der Waals surface area contributed by atoms with Crippen LogP contribution in [0.2, 0.25) is 0 Å². The van der Waals surface area contributed by atoms with E-state index in [9.17, 15) is 9.90 Å². The summed E-state index contributed by atoms with van der Waals surface area (Å²) in [5.74, 6) is 0. The number of nitrogens with zero attached hydrogens (tertiary/aromatic N) is 2. The number of carbonyl (C=O) groups excluding carboxylic acids is 1. The number of hydrogen-bond donors (Lipinski definition) is 2. The summed E-state index contributed by atoms with van der Waals surface area (Å²) >= 11 is 0. The Hall–Kier alpha value is -1.63. The van der Waals surface area contributed by atoms with Gasteiger partial charge in [0.25, 0.3) is 0 Å². The van der Waals surface area contributed by atoms with Gasteiger partial charge in [-0.15, -0.1) is 0 Å². The highest BCUT2D eigenvalue weighted by molar-refractivity contribution is 5.67. The summed E-state index contributed by atoms with van der Waals surface area (Å²) in [6, 6.07) is 9.69. The van der Waals surface area contributed by atoms with Crippen LogP contribution in [0.25, 0.3) is 0 Å². The third-order valence-corrected chi connectivity index (χ3v) is 4.26. The topological polar surface area (TPSA) is 65.0 Å². The third kappa shape index (κ3) is 3.76. The first-order chi connectivity index (χ1) is 10.6. The Morgan fingerprint density at radius 2 is 1.86 bits per heavy atom. The average Bonchev–Trinajstić information content (AvgIpc) is 2.53. The van der Waals surface area contributed by atoms with Gasteiger partial charge >= 0.3 is 6.09 Å². The molecule has 2 aliphatic rings. The van der Waals surface area contributed by atoms with Crippen LogP contribution < -0.4 is 5.32 Å². The van der Waals surface area contributed by atoms with Gasteiger partial charge in [0.15, 0.2) is 0 Å². The van der Waals surface area contributed by atoms with Gasteiger partial charge in [0.2, 0.25) is 0 Å². The van der Waals surface area contributed by atoms with Crippen molar-refractivity contribution in [3.8, 4) is 0 Å². The molecule has 1 aromatic rings. The predicted octanol–water partition coefficient (Wildman–Crippen LogP) is 0.275. The second kappa shape index (κ2) is 6.64. The molecular formula is C16H23N3O3. The lowest BCUT2D eigenvalue weighted by Crippen LogP contribution is -2.66. The van der Waals surface area contributed by atoms with E-state index < -0.39 is 5.60 Å². The van der Waals surface area contributed by atoms with Gasteiger partial charge in [-0.1, -0.05) is 30.3 Å². The Balaban J connectivity index is 1.40. The van der Waals surface area contributed by atoms with Crippen molar-refractivity contribution in [3.63, 3.8) is 0 Å². The van der Waals surface area contributed by atoms with Gasteiger partial charge in [-0.3, -0.25) is 4.90 Å². The van der Waals surface area contributed by atoms with Gasteiger partial charge < -0.3 is 20.1 Å². The Morgan fingerprint density at radius 1 is 1.18 bits per heavy atom. The minimum atomic E-state index is -0.587. The minimum Gasteiger partial charge on any atom is -0.445 e. The summed E-state index contributed by atoms with van der Waals surface area (Å²) < 4.78 is 5.35. The van der Waals surface area contributed by atoms with E-state index in [0.717, 1.165) is 18.7 Å². The molecular weight excluding hydrogens is 282 g/mol. The second-order valence-electron chi connectivity index (χ2n) is 6.13. The maximum Gasteiger partial charge on any atom is 0.410 e. The van der Waals surface area contributed by atoms with Crippen LogP contribution in [0.4, 0.5) is 4.79 Å². The van der Waals surface area contributed by atoms with Gasteiger partial charge in [-0.25, -0.2) is 4.79 Å². The number of aliphatic hydroxyl groups is 1. The predicted molar refractivity (Wildman–Crippen MR) is 82.5 cm³/mol. The summed E-state index contributed by atoms with van der Waals surface area (Å²) in [4.78, 5) is 16.0. The molecule has 2 N–H and O–H groups in total. The third-order valence-electron chi connectivity index (χ3n) is 4.26. The van der Waals surface area contributed by atoms with Crippen LogP contribution in [-0.4, -0.2) is 72.4 Å². The fraction of sp³-hybridized carbons (Fsp3) is 0.562. The molecule has 22 heavy (non-hydrogen) atoms. The molecule has 0 atom stereocenters. The Kier molecular flexibility index (Phi) is 4.61. The van der Waals surface area contributed by atoms with Crippen molar-refractivity contribution >= 4 is 6.09 Å². The fourth-order valence-electron chi connectivity index (χ4n) is 2.84. The molecule has 2 saturated heterocycles. The van der Waals surface area contributed by atoms with Crippen molar-refractivity contribution in [1.82, 2.24) is 15.1 Å². The standard InChI is InChI=1S/C16H23N3O3/c20-15(22-10-14-4-2-1-3-5-14)19-8-6-18(7-9-19)13-16(21)11-17-12-16/h1-5,17,21H,6-13H2. The van der Waals surface area contributed by atoms with Crippen LogP contribution in [0.15, 0.2) is 30.3 Å². The van der Waals surface area contributed by atoms with Crippen molar-refractivity contribution in [3.05, 3.63) is 35.9 Å². The number of rotatable bonds is 4. The van der Waals surface area contributed by atoms with Gasteiger partial charge in [-0.2, -0.15) is 0 Å². The van der Waals surface area contributed by atoms with Gasteiger partial charge in [-0.05, 0) is 5.56 Å². The molecule has 0 spiro atoms. The Labute approximate surface area is 130 Å². The van der Waals surface area contributed by atoms with Crippen molar-refractivity contribution in [2.75, 3.05) is 45.8 Å². The molecule has 2 fully saturated rings. The number of amides is 1. The lowest BCUT2D eigenvalue weighted by Gasteiger charge is -2.43. The molecule has 3 rings (SSSR count). The molecule has 0 bridgehead atoms. The SMILES string of the molecule is O=C(OCc1ccccc1)N1CCN(CC2(O)CNC2)CC1. The maximum atomic E-state index is 12.1. The molecule has 2 heterocycles. The molecule has 0 aliphatic carbocycles. The van der Waals surface area contributed by atoms with E-state index >= 15 is 0 Å². The summed E-state index contributed by atoms with van der Waals surface area (Å²) in [5, 5.41) is 13.2. The zero-order valence-electron chi connectivity index (χ0n) is 12.7. The highest BCUT2D eigenvalue weighted by Crippen LogP contribution is 2.14. The first-order valence-corrected chi connectivity index (χ1v) is 7.76. The van der Waals surface area contributed by atoms with E-state index in [0.29, 0.717) is 39.3 Å². The zero-order valence-corrected chi connectivity index (χ0v) is 12.7. The van der Waals surface area contributed by atoms with Crippen LogP contribution in [0.5, 0.6) is 0 Å². The van der Waals surface area contributed by atoms with E-state index in [1.807, 2.05) is 30.3 Å². The second-order valence-corrected chi connectivity index (χ2v) is 6.13. The van der Waals surface area contributed by atoms with Crippen molar-refractivity contribution in [1.29, 1.82) is 0 Å². The van der Waals surface area contributed by atoms with E-state index in [-0.39, 0.29) is 6.09 Å². The van der Waals surface area contributed by atoms with Gasteiger partial charge in [0.1, 0.15) is 12.2 Å². The molecule has 0 aromatic heterocycles. The van der Waals surface area contributed by atoms with Gasteiger partial charge in [0.05, 0.1) is 0 Å². The van der Waals surface area contributed by atoms with E-state index in [4.69, 9.17) is 4.74 Å². The largest absolute Gasteiger partial charge is 0.445 e. The quantitative estimate of drug-likeness (QED) is 0.836. The molecule has 2 aliphatic heterocycles. The maximum absolute atomic E-state index is 12.1. The number of piperazine rings is 1. The molecule has 6 nitrogen and oxygen atoms in total. The molecule has 0 saturated carbocycles. The number of hydrogen-bond acceptors (Lipinski definition) is 5. The summed E-state index contributed by atoms with van der Waals surface area (Å²) in [7, 11) is 0. The van der Waals surface area contributed by atoms with Crippen molar-refractivity contribution < 1.29 is 14.6 Å². The lowest BCUT2D eigenvalue weighted by atomic mass is 9.96. The summed E-state index contributed by atoms with van der Waals surface area (Å²) in [6.45, 7) is 5.16. The van der Waals surface area contributed by atoms with E-state index in [1.54, 1.807) is 4.90 Å². The highest BCUT2D eigenvalue weighted by Gasteiger charge is 2.37. The number of benzene rings is 1. The number of ether oxygens (including phenoxy) is 1. The first kappa shape index (κ1) is 15.3. The fourth-order valence-corrected chi connectivity index (χ4v) is 2.84. The molecule has 1 aromatic carbocycles. The Bertz CT molecular complexity index is 497. The lowest BCUT2D eigenvalue weighted by molar-refractivity contribution is -0.0457. The minimum absolute atomic E-state index is 0.257. The van der Waals surface area contributed by atoms with E-state index in [1.165, 1.54) is 0 Å². The normalized spacial score (nSPS) is 21.2. The Morgan fingerprint density at radius 3 is 2.45 bits per heavy atom. The molecule has 0 unspecified atom stereocenters. The number of β-amino-alcohol motifs (C(OH)–C–C–N with tert-alkyl or cyclic N) is 1. The van der Waals surface area contributed by atoms with Crippen LogP contribution >= 0.6 is 0 Å². The number of nitrogens with one attached hydrogen (secondary N) is 1. The molecule has 0 radical (unpaired) electrons. The number of carbonyl (C=O) groups is 1. The zero-order chi connectivity index (χ0) is 15.4. The smallest absolute Gasteiger partial charge is 0.410 e. The molecule has 6 heteroatoms. The van der Waals surface area contributed by atoms with E-state index in [2.05, 4.69) is 10.2 Å².